The first-order valence-electron chi connectivity index (χ1n) is 8.73. The summed E-state index contributed by atoms with van der Waals surface area (Å²) >= 11 is 1.43. The molecule has 3 nitrogen and oxygen atoms in total. The van der Waals surface area contributed by atoms with Crippen molar-refractivity contribution in [1.82, 2.24) is 4.98 Å². The summed E-state index contributed by atoms with van der Waals surface area (Å²) in [6.07, 6.45) is 0.857. The van der Waals surface area contributed by atoms with Crippen LogP contribution in [0.2, 0.25) is 0 Å². The van der Waals surface area contributed by atoms with E-state index in [9.17, 15) is 4.79 Å². The van der Waals surface area contributed by atoms with Crippen LogP contribution < -0.4 is 5.32 Å². The minimum absolute atomic E-state index is 0.143. The Morgan fingerprint density at radius 2 is 1.44 bits per heavy atom. The van der Waals surface area contributed by atoms with E-state index in [1.54, 1.807) is 0 Å². The second-order valence-corrected chi connectivity index (χ2v) is 7.08. The Morgan fingerprint density at radius 3 is 2.15 bits per heavy atom. The van der Waals surface area contributed by atoms with Gasteiger partial charge in [0.05, 0.1) is 5.69 Å². The number of aromatic nitrogens is 1. The van der Waals surface area contributed by atoms with E-state index in [4.69, 9.17) is 0 Å². The third kappa shape index (κ3) is 4.30. The number of thiazole rings is 1. The van der Waals surface area contributed by atoms with Crippen molar-refractivity contribution < 1.29 is 4.79 Å². The van der Waals surface area contributed by atoms with Crippen molar-refractivity contribution in [2.75, 3.05) is 5.32 Å². The molecule has 1 amide bonds. The molecule has 0 fully saturated rings. The van der Waals surface area contributed by atoms with Gasteiger partial charge in [0.2, 0.25) is 0 Å². The van der Waals surface area contributed by atoms with E-state index in [1.807, 2.05) is 78.2 Å². The Bertz CT molecular complexity index is 1020. The van der Waals surface area contributed by atoms with Crippen molar-refractivity contribution in [3.05, 3.63) is 107 Å². The van der Waals surface area contributed by atoms with Crippen molar-refractivity contribution >= 4 is 22.4 Å². The average Bonchev–Trinajstić information content (AvgIpc) is 3.18. The molecule has 0 aliphatic rings. The van der Waals surface area contributed by atoms with Crippen LogP contribution in [0.1, 0.15) is 21.5 Å². The van der Waals surface area contributed by atoms with Crippen LogP contribution in [-0.4, -0.2) is 10.9 Å². The van der Waals surface area contributed by atoms with Crippen molar-refractivity contribution in [1.29, 1.82) is 0 Å². The SMILES string of the molecule is O=C(Nc1nc(-c2ccccc2)cs1)c1ccc(Cc2ccccc2)cc1. The summed E-state index contributed by atoms with van der Waals surface area (Å²) < 4.78 is 0. The van der Waals surface area contributed by atoms with E-state index in [0.717, 1.165) is 17.7 Å². The molecule has 0 aliphatic heterocycles. The molecule has 3 aromatic carbocycles. The van der Waals surface area contributed by atoms with Gasteiger partial charge in [0, 0.05) is 16.5 Å². The van der Waals surface area contributed by atoms with E-state index in [2.05, 4.69) is 22.4 Å². The van der Waals surface area contributed by atoms with Crippen LogP contribution in [0.5, 0.6) is 0 Å². The number of nitrogens with one attached hydrogen (secondary N) is 1. The Morgan fingerprint density at radius 1 is 0.815 bits per heavy atom. The fraction of sp³-hybridized carbons (Fsp3) is 0.0435. The fourth-order valence-corrected chi connectivity index (χ4v) is 3.56. The Balaban J connectivity index is 1.42. The summed E-state index contributed by atoms with van der Waals surface area (Å²) in [6, 6.07) is 28.0. The van der Waals surface area contributed by atoms with Gasteiger partial charge in [0.25, 0.3) is 5.91 Å². The molecule has 0 radical (unpaired) electrons. The van der Waals surface area contributed by atoms with E-state index in [1.165, 1.54) is 22.5 Å². The van der Waals surface area contributed by atoms with Crippen LogP contribution in [0.15, 0.2) is 90.3 Å². The molecule has 4 rings (SSSR count). The molecule has 0 saturated carbocycles. The molecule has 4 aromatic rings. The van der Waals surface area contributed by atoms with Gasteiger partial charge in [-0.3, -0.25) is 10.1 Å². The summed E-state index contributed by atoms with van der Waals surface area (Å²) in [7, 11) is 0. The first-order valence-corrected chi connectivity index (χ1v) is 9.61. The largest absolute Gasteiger partial charge is 0.298 e. The van der Waals surface area contributed by atoms with Gasteiger partial charge in [0.1, 0.15) is 0 Å². The normalized spacial score (nSPS) is 10.5. The lowest BCUT2D eigenvalue weighted by molar-refractivity contribution is 0.102. The molecular weight excluding hydrogens is 352 g/mol. The molecule has 0 aliphatic carbocycles. The smallest absolute Gasteiger partial charge is 0.257 e. The molecular formula is C23H18N2OS. The summed E-state index contributed by atoms with van der Waals surface area (Å²) in [6.45, 7) is 0. The zero-order valence-corrected chi connectivity index (χ0v) is 15.4. The predicted molar refractivity (Wildman–Crippen MR) is 111 cm³/mol. The number of hydrogen-bond donors (Lipinski definition) is 1. The lowest BCUT2D eigenvalue weighted by atomic mass is 10.0. The van der Waals surface area contributed by atoms with Gasteiger partial charge in [-0.05, 0) is 29.7 Å². The van der Waals surface area contributed by atoms with E-state index in [0.29, 0.717) is 10.7 Å². The number of nitrogens with zero attached hydrogens (tertiary/aromatic N) is 1. The summed E-state index contributed by atoms with van der Waals surface area (Å²) in [4.78, 5) is 17.0. The lowest BCUT2D eigenvalue weighted by Gasteiger charge is -2.05. The Hall–Kier alpha value is -3.24. The third-order valence-corrected chi connectivity index (χ3v) is 5.02. The highest BCUT2D eigenvalue weighted by molar-refractivity contribution is 7.14. The topological polar surface area (TPSA) is 42.0 Å². The maximum atomic E-state index is 12.5. The maximum absolute atomic E-state index is 12.5. The number of benzene rings is 3. The highest BCUT2D eigenvalue weighted by Crippen LogP contribution is 2.25. The van der Waals surface area contributed by atoms with Crippen LogP contribution in [0, 0.1) is 0 Å². The molecule has 0 unspecified atom stereocenters. The van der Waals surface area contributed by atoms with Gasteiger partial charge in [0.15, 0.2) is 5.13 Å². The third-order valence-electron chi connectivity index (χ3n) is 4.26. The molecule has 1 N–H and O–H groups in total. The molecule has 1 aromatic heterocycles. The molecule has 132 valence electrons. The highest BCUT2D eigenvalue weighted by atomic mass is 32.1. The Kier molecular flexibility index (Phi) is 5.08. The monoisotopic (exact) mass is 370 g/mol. The van der Waals surface area contributed by atoms with Gasteiger partial charge < -0.3 is 0 Å². The molecule has 4 heteroatoms. The minimum atomic E-state index is -0.143. The summed E-state index contributed by atoms with van der Waals surface area (Å²) in [5, 5.41) is 5.44. The first kappa shape index (κ1) is 17.2. The molecule has 0 spiro atoms. The van der Waals surface area contributed by atoms with Crippen LogP contribution in [-0.2, 0) is 6.42 Å². The molecule has 0 atom stereocenters. The van der Waals surface area contributed by atoms with Crippen LogP contribution in [0.4, 0.5) is 5.13 Å². The first-order chi connectivity index (χ1) is 13.3. The highest BCUT2D eigenvalue weighted by Gasteiger charge is 2.10. The van der Waals surface area contributed by atoms with Crippen molar-refractivity contribution in [3.63, 3.8) is 0 Å². The summed E-state index contributed by atoms with van der Waals surface area (Å²) in [5.41, 5.74) is 4.97. The number of anilines is 1. The molecule has 0 bridgehead atoms. The number of amides is 1. The Labute approximate surface area is 162 Å². The molecule has 1 heterocycles. The van der Waals surface area contributed by atoms with Gasteiger partial charge in [-0.1, -0.05) is 72.8 Å². The van der Waals surface area contributed by atoms with Gasteiger partial charge in [-0.2, -0.15) is 0 Å². The summed E-state index contributed by atoms with van der Waals surface area (Å²) in [5.74, 6) is -0.143. The van der Waals surface area contributed by atoms with Gasteiger partial charge >= 0.3 is 0 Å². The quantitative estimate of drug-likeness (QED) is 0.493. The number of hydrogen-bond acceptors (Lipinski definition) is 3. The van der Waals surface area contributed by atoms with Gasteiger partial charge in [-0.15, -0.1) is 11.3 Å². The lowest BCUT2D eigenvalue weighted by Crippen LogP contribution is -2.11. The molecule has 27 heavy (non-hydrogen) atoms. The fourth-order valence-electron chi connectivity index (χ4n) is 2.85. The van der Waals surface area contributed by atoms with Gasteiger partial charge in [-0.25, -0.2) is 4.98 Å². The molecule has 0 saturated heterocycles. The van der Waals surface area contributed by atoms with Crippen LogP contribution >= 0.6 is 11.3 Å². The maximum Gasteiger partial charge on any atom is 0.257 e. The standard InChI is InChI=1S/C23H18N2OS/c26-22(25-23-24-21(16-27-23)19-9-5-2-6-10-19)20-13-11-18(12-14-20)15-17-7-3-1-4-8-17/h1-14,16H,15H2,(H,24,25,26). The zero-order valence-electron chi connectivity index (χ0n) is 14.6. The zero-order chi connectivity index (χ0) is 18.5. The number of carbonyl (C=O) groups excluding carboxylic acids is 1. The second-order valence-electron chi connectivity index (χ2n) is 6.22. The average molecular weight is 370 g/mol. The predicted octanol–water partition coefficient (Wildman–Crippen LogP) is 5.65. The van der Waals surface area contributed by atoms with E-state index < -0.39 is 0 Å². The van der Waals surface area contributed by atoms with E-state index >= 15 is 0 Å². The van der Waals surface area contributed by atoms with Crippen molar-refractivity contribution in [3.8, 4) is 11.3 Å². The second kappa shape index (κ2) is 7.98. The number of carbonyl (C=O) groups is 1. The van der Waals surface area contributed by atoms with Crippen molar-refractivity contribution in [2.24, 2.45) is 0 Å². The van der Waals surface area contributed by atoms with E-state index in [-0.39, 0.29) is 5.91 Å². The van der Waals surface area contributed by atoms with Crippen molar-refractivity contribution in [2.45, 2.75) is 6.42 Å². The van der Waals surface area contributed by atoms with Crippen LogP contribution in [0.25, 0.3) is 11.3 Å². The minimum Gasteiger partial charge on any atom is -0.298 e. The van der Waals surface area contributed by atoms with Crippen LogP contribution in [0.3, 0.4) is 0 Å². The number of rotatable bonds is 5.